The van der Waals surface area contributed by atoms with Gasteiger partial charge in [0.1, 0.15) is 11.5 Å². The molecule has 0 aromatic heterocycles. The molecule has 0 unspecified atom stereocenters. The molecule has 178 valence electrons. The predicted octanol–water partition coefficient (Wildman–Crippen LogP) is 9.20. The van der Waals surface area contributed by atoms with Crippen LogP contribution in [0.3, 0.4) is 0 Å². The molecule has 0 amide bonds. The highest BCUT2D eigenvalue weighted by Crippen LogP contribution is 2.49. The molecule has 1 saturated carbocycles. The van der Waals surface area contributed by atoms with Gasteiger partial charge in [-0.3, -0.25) is 0 Å². The van der Waals surface area contributed by atoms with Crippen LogP contribution >= 0.6 is 23.2 Å². The van der Waals surface area contributed by atoms with E-state index in [1.165, 1.54) is 24.0 Å². The molecule has 2 nitrogen and oxygen atoms in total. The molecule has 1 fully saturated rings. The Kier molecular flexibility index (Phi) is 6.77. The molecular weight excluding hydrogens is 475 g/mol. The summed E-state index contributed by atoms with van der Waals surface area (Å²) in [6.07, 6.45) is 4.53. The smallest absolute Gasteiger partial charge is 0.123 e. The molecule has 0 atom stereocenters. The van der Waals surface area contributed by atoms with Crippen LogP contribution in [-0.2, 0) is 5.41 Å². The Morgan fingerprint density at radius 1 is 0.600 bits per heavy atom. The first kappa shape index (κ1) is 23.8. The Morgan fingerprint density at radius 2 is 1.17 bits per heavy atom. The molecule has 0 radical (unpaired) electrons. The summed E-state index contributed by atoms with van der Waals surface area (Å²) >= 11 is 13.7. The minimum Gasteiger partial charge on any atom is -0.497 e. The van der Waals surface area contributed by atoms with Gasteiger partial charge in [0.05, 0.1) is 24.3 Å². The number of benzene rings is 4. The van der Waals surface area contributed by atoms with E-state index in [0.717, 1.165) is 46.6 Å². The molecule has 4 heteroatoms. The Balaban J connectivity index is 1.54. The van der Waals surface area contributed by atoms with Gasteiger partial charge in [-0.15, -0.1) is 0 Å². The van der Waals surface area contributed by atoms with Crippen LogP contribution in [0.15, 0.2) is 84.9 Å². The normalized spacial score (nSPS) is 14.6. The van der Waals surface area contributed by atoms with E-state index in [-0.39, 0.29) is 5.41 Å². The van der Waals surface area contributed by atoms with Gasteiger partial charge in [-0.05, 0) is 64.9 Å². The van der Waals surface area contributed by atoms with Crippen molar-refractivity contribution >= 4 is 23.2 Å². The Labute approximate surface area is 217 Å². The first-order chi connectivity index (χ1) is 17.0. The lowest BCUT2D eigenvalue weighted by Crippen LogP contribution is -2.23. The number of halogens is 2. The molecule has 0 saturated heterocycles. The van der Waals surface area contributed by atoms with E-state index < -0.39 is 0 Å². The van der Waals surface area contributed by atoms with Crippen molar-refractivity contribution in [1.82, 2.24) is 0 Å². The average molecular weight is 503 g/mol. The first-order valence-electron chi connectivity index (χ1n) is 11.9. The quantitative estimate of drug-likeness (QED) is 0.261. The number of rotatable bonds is 6. The molecule has 0 spiro atoms. The molecule has 1 aliphatic carbocycles. The number of hydrogen-bond donors (Lipinski definition) is 0. The standard InChI is InChI=1S/C31H28Cl2O2/c1-34-26-16-23(17-27(20-26)35-2)21-10-12-24(13-11-21)31(14-6-7-15-31)25-18-28(32)30(29(33)19-25)22-8-4-3-5-9-22/h3-5,8-13,16-20H,6-7,14-15H2,1-2H3. The van der Waals surface area contributed by atoms with E-state index in [1.807, 2.05) is 48.5 Å². The summed E-state index contributed by atoms with van der Waals surface area (Å²) in [5.74, 6) is 1.55. The lowest BCUT2D eigenvalue weighted by atomic mass is 9.72. The van der Waals surface area contributed by atoms with Crippen LogP contribution in [0.5, 0.6) is 11.5 Å². The van der Waals surface area contributed by atoms with Crippen LogP contribution < -0.4 is 9.47 Å². The van der Waals surface area contributed by atoms with Gasteiger partial charge in [-0.2, -0.15) is 0 Å². The fraction of sp³-hybridized carbons (Fsp3) is 0.226. The highest BCUT2D eigenvalue weighted by atomic mass is 35.5. The van der Waals surface area contributed by atoms with Crippen LogP contribution in [0, 0.1) is 0 Å². The molecular formula is C31H28Cl2O2. The zero-order valence-corrected chi connectivity index (χ0v) is 21.5. The first-order valence-corrected chi connectivity index (χ1v) is 12.7. The van der Waals surface area contributed by atoms with Crippen molar-refractivity contribution in [3.05, 3.63) is 106 Å². The van der Waals surface area contributed by atoms with Crippen molar-refractivity contribution in [2.45, 2.75) is 31.1 Å². The Bertz CT molecular complexity index is 1280. The van der Waals surface area contributed by atoms with Gasteiger partial charge in [0, 0.05) is 17.0 Å². The van der Waals surface area contributed by atoms with Crippen molar-refractivity contribution in [3.63, 3.8) is 0 Å². The third-order valence-electron chi connectivity index (χ3n) is 7.24. The average Bonchev–Trinajstić information content (AvgIpc) is 3.40. The van der Waals surface area contributed by atoms with Crippen molar-refractivity contribution in [1.29, 1.82) is 0 Å². The second-order valence-corrected chi connectivity index (χ2v) is 9.96. The van der Waals surface area contributed by atoms with Gasteiger partial charge < -0.3 is 9.47 Å². The molecule has 5 rings (SSSR count). The number of hydrogen-bond acceptors (Lipinski definition) is 2. The van der Waals surface area contributed by atoms with E-state index in [1.54, 1.807) is 14.2 Å². The predicted molar refractivity (Wildman–Crippen MR) is 146 cm³/mol. The van der Waals surface area contributed by atoms with Crippen molar-refractivity contribution < 1.29 is 9.47 Å². The summed E-state index contributed by atoms with van der Waals surface area (Å²) in [6.45, 7) is 0. The lowest BCUT2D eigenvalue weighted by Gasteiger charge is -2.31. The molecule has 0 bridgehead atoms. The summed E-state index contributed by atoms with van der Waals surface area (Å²) in [6, 6.07) is 29.2. The molecule has 1 aliphatic rings. The van der Waals surface area contributed by atoms with Crippen LogP contribution in [0.4, 0.5) is 0 Å². The van der Waals surface area contributed by atoms with Gasteiger partial charge >= 0.3 is 0 Å². The van der Waals surface area contributed by atoms with Crippen molar-refractivity contribution in [3.8, 4) is 33.8 Å². The zero-order valence-electron chi connectivity index (χ0n) is 20.0. The van der Waals surface area contributed by atoms with E-state index in [4.69, 9.17) is 32.7 Å². The van der Waals surface area contributed by atoms with Gasteiger partial charge in [-0.25, -0.2) is 0 Å². The largest absolute Gasteiger partial charge is 0.497 e. The number of ether oxygens (including phenoxy) is 2. The Morgan fingerprint density at radius 3 is 1.71 bits per heavy atom. The second kappa shape index (κ2) is 9.97. The summed E-state index contributed by atoms with van der Waals surface area (Å²) in [4.78, 5) is 0. The van der Waals surface area contributed by atoms with Crippen LogP contribution in [0.25, 0.3) is 22.3 Å². The van der Waals surface area contributed by atoms with Gasteiger partial charge in [0.25, 0.3) is 0 Å². The van der Waals surface area contributed by atoms with Gasteiger partial charge in [-0.1, -0.05) is 90.6 Å². The van der Waals surface area contributed by atoms with E-state index >= 15 is 0 Å². The molecule has 0 aliphatic heterocycles. The minimum absolute atomic E-state index is 0.0902. The van der Waals surface area contributed by atoms with E-state index in [2.05, 4.69) is 36.4 Å². The highest BCUT2D eigenvalue weighted by Gasteiger charge is 2.38. The maximum Gasteiger partial charge on any atom is 0.123 e. The molecule has 35 heavy (non-hydrogen) atoms. The summed E-state index contributed by atoms with van der Waals surface area (Å²) in [5.41, 5.74) is 6.52. The van der Waals surface area contributed by atoms with Crippen LogP contribution in [-0.4, -0.2) is 14.2 Å². The van der Waals surface area contributed by atoms with Crippen molar-refractivity contribution in [2.24, 2.45) is 0 Å². The van der Waals surface area contributed by atoms with Crippen LogP contribution in [0.2, 0.25) is 10.0 Å². The van der Waals surface area contributed by atoms with E-state index in [0.29, 0.717) is 10.0 Å². The van der Waals surface area contributed by atoms with Crippen molar-refractivity contribution in [2.75, 3.05) is 14.2 Å². The SMILES string of the molecule is COc1cc(OC)cc(-c2ccc(C3(c4cc(Cl)c(-c5ccccc5)c(Cl)c4)CCCC3)cc2)c1. The third kappa shape index (κ3) is 4.53. The molecule has 4 aromatic carbocycles. The monoisotopic (exact) mass is 502 g/mol. The lowest BCUT2D eigenvalue weighted by molar-refractivity contribution is 0.394. The zero-order chi connectivity index (χ0) is 24.4. The Hall–Kier alpha value is -2.94. The van der Waals surface area contributed by atoms with Crippen LogP contribution in [0.1, 0.15) is 36.8 Å². The summed E-state index contributed by atoms with van der Waals surface area (Å²) in [5, 5.41) is 1.40. The summed E-state index contributed by atoms with van der Waals surface area (Å²) < 4.78 is 10.9. The fourth-order valence-corrected chi connectivity index (χ4v) is 6.11. The van der Waals surface area contributed by atoms with E-state index in [9.17, 15) is 0 Å². The maximum atomic E-state index is 6.85. The highest BCUT2D eigenvalue weighted by molar-refractivity contribution is 6.39. The molecule has 0 N–H and O–H groups in total. The third-order valence-corrected chi connectivity index (χ3v) is 7.83. The number of methoxy groups -OCH3 is 2. The second-order valence-electron chi connectivity index (χ2n) is 9.15. The van der Waals surface area contributed by atoms with Gasteiger partial charge in [0.15, 0.2) is 0 Å². The minimum atomic E-state index is -0.0902. The maximum absolute atomic E-state index is 6.85. The molecule has 0 heterocycles. The molecule has 4 aromatic rings. The topological polar surface area (TPSA) is 18.5 Å². The fourth-order valence-electron chi connectivity index (χ4n) is 5.41. The van der Waals surface area contributed by atoms with Gasteiger partial charge in [0.2, 0.25) is 0 Å². The summed E-state index contributed by atoms with van der Waals surface area (Å²) in [7, 11) is 3.34.